The number of nitrogens with two attached hydrogens (primary N) is 1. The summed E-state index contributed by atoms with van der Waals surface area (Å²) in [6, 6.07) is 0.411. The molecule has 20 heavy (non-hydrogen) atoms. The van der Waals surface area contributed by atoms with E-state index in [9.17, 15) is 4.79 Å². The second-order valence-corrected chi connectivity index (χ2v) is 6.19. The standard InChI is InChI=1S/C15H30N4O/c1-13(15(20)17-14-5-3-2-4-6-14)19-11-9-18(8-7-16)10-12-19/h13-14H,2-12,16H2,1H3,(H,17,20). The van der Waals surface area contributed by atoms with Crippen LogP contribution in [0.15, 0.2) is 0 Å². The van der Waals surface area contributed by atoms with Crippen molar-refractivity contribution in [1.82, 2.24) is 15.1 Å². The summed E-state index contributed by atoms with van der Waals surface area (Å²) in [4.78, 5) is 17.0. The van der Waals surface area contributed by atoms with E-state index in [-0.39, 0.29) is 11.9 Å². The monoisotopic (exact) mass is 282 g/mol. The lowest BCUT2D eigenvalue weighted by atomic mass is 9.95. The maximum atomic E-state index is 12.3. The number of carbonyl (C=O) groups is 1. The fourth-order valence-electron chi connectivity index (χ4n) is 3.29. The zero-order valence-corrected chi connectivity index (χ0v) is 12.8. The number of hydrogen-bond donors (Lipinski definition) is 2. The molecule has 0 aromatic rings. The van der Waals surface area contributed by atoms with Crippen molar-refractivity contribution in [3.63, 3.8) is 0 Å². The van der Waals surface area contributed by atoms with Crippen LogP contribution in [0.25, 0.3) is 0 Å². The molecule has 3 N–H and O–H groups in total. The van der Waals surface area contributed by atoms with Crippen molar-refractivity contribution < 1.29 is 4.79 Å². The zero-order valence-electron chi connectivity index (χ0n) is 12.8. The second-order valence-electron chi connectivity index (χ2n) is 6.19. The van der Waals surface area contributed by atoms with E-state index >= 15 is 0 Å². The molecule has 0 aromatic carbocycles. The van der Waals surface area contributed by atoms with Crippen LogP contribution in [0, 0.1) is 0 Å². The highest BCUT2D eigenvalue weighted by atomic mass is 16.2. The molecule has 116 valence electrons. The average Bonchev–Trinajstić information content (AvgIpc) is 2.48. The lowest BCUT2D eigenvalue weighted by Crippen LogP contribution is -2.55. The lowest BCUT2D eigenvalue weighted by molar-refractivity contribution is -0.127. The van der Waals surface area contributed by atoms with Crippen molar-refractivity contribution in [3.8, 4) is 0 Å². The first-order valence-electron chi connectivity index (χ1n) is 8.17. The Labute approximate surface area is 122 Å². The number of piperazine rings is 1. The van der Waals surface area contributed by atoms with Crippen LogP contribution in [0.2, 0.25) is 0 Å². The molecule has 0 radical (unpaired) electrons. The van der Waals surface area contributed by atoms with Gasteiger partial charge in [0.05, 0.1) is 6.04 Å². The molecule has 1 aliphatic carbocycles. The van der Waals surface area contributed by atoms with Crippen molar-refractivity contribution in [3.05, 3.63) is 0 Å². The molecule has 2 rings (SSSR count). The summed E-state index contributed by atoms with van der Waals surface area (Å²) in [5, 5.41) is 3.24. The number of nitrogens with zero attached hydrogens (tertiary/aromatic N) is 2. The minimum atomic E-state index is -0.00282. The van der Waals surface area contributed by atoms with Gasteiger partial charge in [0.25, 0.3) is 0 Å². The normalized spacial score (nSPS) is 24.5. The Morgan fingerprint density at radius 3 is 2.45 bits per heavy atom. The van der Waals surface area contributed by atoms with E-state index in [1.54, 1.807) is 0 Å². The molecule has 1 heterocycles. The summed E-state index contributed by atoms with van der Waals surface area (Å²) in [5.41, 5.74) is 5.59. The summed E-state index contributed by atoms with van der Waals surface area (Å²) < 4.78 is 0. The van der Waals surface area contributed by atoms with Crippen molar-refractivity contribution in [2.45, 2.75) is 51.1 Å². The Bertz CT molecular complexity index is 296. The van der Waals surface area contributed by atoms with Gasteiger partial charge in [-0.3, -0.25) is 14.6 Å². The molecule has 1 unspecified atom stereocenters. The number of amides is 1. The largest absolute Gasteiger partial charge is 0.352 e. The summed E-state index contributed by atoms with van der Waals surface area (Å²) in [7, 11) is 0. The van der Waals surface area contributed by atoms with Gasteiger partial charge in [0.15, 0.2) is 0 Å². The number of carbonyl (C=O) groups excluding carboxylic acids is 1. The minimum Gasteiger partial charge on any atom is -0.352 e. The third-order valence-corrected chi connectivity index (χ3v) is 4.73. The fourth-order valence-corrected chi connectivity index (χ4v) is 3.29. The van der Waals surface area contributed by atoms with Gasteiger partial charge < -0.3 is 11.1 Å². The van der Waals surface area contributed by atoms with E-state index in [1.807, 2.05) is 6.92 Å². The van der Waals surface area contributed by atoms with Gasteiger partial charge in [-0.05, 0) is 19.8 Å². The molecule has 0 bridgehead atoms. The van der Waals surface area contributed by atoms with Gasteiger partial charge in [-0.15, -0.1) is 0 Å². The maximum absolute atomic E-state index is 12.3. The molecule has 1 saturated heterocycles. The molecule has 2 aliphatic rings. The van der Waals surface area contributed by atoms with Gasteiger partial charge in [0, 0.05) is 45.3 Å². The van der Waals surface area contributed by atoms with Gasteiger partial charge in [0.1, 0.15) is 0 Å². The van der Waals surface area contributed by atoms with Gasteiger partial charge in [-0.2, -0.15) is 0 Å². The van der Waals surface area contributed by atoms with E-state index < -0.39 is 0 Å². The number of rotatable bonds is 5. The molecule has 0 aromatic heterocycles. The predicted molar refractivity (Wildman–Crippen MR) is 81.5 cm³/mol. The second kappa shape index (κ2) is 7.96. The van der Waals surface area contributed by atoms with Gasteiger partial charge in [0.2, 0.25) is 5.91 Å². The summed E-state index contributed by atoms with van der Waals surface area (Å²) in [5.74, 6) is 0.212. The first kappa shape index (κ1) is 15.7. The van der Waals surface area contributed by atoms with Crippen molar-refractivity contribution in [1.29, 1.82) is 0 Å². The minimum absolute atomic E-state index is 0.00282. The van der Waals surface area contributed by atoms with Gasteiger partial charge >= 0.3 is 0 Å². The molecular formula is C15H30N4O. The van der Waals surface area contributed by atoms with Crippen molar-refractivity contribution in [2.75, 3.05) is 39.3 Å². The highest BCUT2D eigenvalue weighted by molar-refractivity contribution is 5.81. The first-order chi connectivity index (χ1) is 9.70. The zero-order chi connectivity index (χ0) is 14.4. The average molecular weight is 282 g/mol. The smallest absolute Gasteiger partial charge is 0.237 e. The van der Waals surface area contributed by atoms with E-state index in [4.69, 9.17) is 5.73 Å². The number of hydrogen-bond acceptors (Lipinski definition) is 4. The van der Waals surface area contributed by atoms with E-state index in [2.05, 4.69) is 15.1 Å². The van der Waals surface area contributed by atoms with Crippen LogP contribution in [0.1, 0.15) is 39.0 Å². The van der Waals surface area contributed by atoms with E-state index in [1.165, 1.54) is 19.3 Å². The quantitative estimate of drug-likeness (QED) is 0.766. The third kappa shape index (κ3) is 4.43. The molecular weight excluding hydrogens is 252 g/mol. The Kier molecular flexibility index (Phi) is 6.26. The Hall–Kier alpha value is -0.650. The molecule has 0 spiro atoms. The Morgan fingerprint density at radius 1 is 1.20 bits per heavy atom. The molecule has 1 amide bonds. The first-order valence-corrected chi connectivity index (χ1v) is 8.17. The van der Waals surface area contributed by atoms with Crippen LogP contribution in [0.4, 0.5) is 0 Å². The maximum Gasteiger partial charge on any atom is 0.237 e. The molecule has 5 nitrogen and oxygen atoms in total. The van der Waals surface area contributed by atoms with Crippen LogP contribution in [0.3, 0.4) is 0 Å². The van der Waals surface area contributed by atoms with Crippen LogP contribution < -0.4 is 11.1 Å². The van der Waals surface area contributed by atoms with Crippen LogP contribution in [-0.2, 0) is 4.79 Å². The Balaban J connectivity index is 1.73. The van der Waals surface area contributed by atoms with Crippen LogP contribution in [0.5, 0.6) is 0 Å². The van der Waals surface area contributed by atoms with Crippen LogP contribution >= 0.6 is 0 Å². The van der Waals surface area contributed by atoms with E-state index in [0.29, 0.717) is 6.04 Å². The fraction of sp³-hybridized carbons (Fsp3) is 0.933. The lowest BCUT2D eigenvalue weighted by Gasteiger charge is -2.37. The molecule has 5 heteroatoms. The molecule has 1 aliphatic heterocycles. The molecule has 1 atom stereocenters. The summed E-state index contributed by atoms with van der Waals surface area (Å²) >= 11 is 0. The predicted octanol–water partition coefficient (Wildman–Crippen LogP) is 0.400. The van der Waals surface area contributed by atoms with Crippen molar-refractivity contribution >= 4 is 5.91 Å². The third-order valence-electron chi connectivity index (χ3n) is 4.73. The van der Waals surface area contributed by atoms with Crippen molar-refractivity contribution in [2.24, 2.45) is 5.73 Å². The summed E-state index contributed by atoms with van der Waals surface area (Å²) in [6.45, 7) is 7.72. The van der Waals surface area contributed by atoms with Crippen LogP contribution in [-0.4, -0.2) is 67.1 Å². The molecule has 1 saturated carbocycles. The highest BCUT2D eigenvalue weighted by Crippen LogP contribution is 2.17. The number of nitrogens with one attached hydrogen (secondary N) is 1. The topological polar surface area (TPSA) is 61.6 Å². The highest BCUT2D eigenvalue weighted by Gasteiger charge is 2.26. The Morgan fingerprint density at radius 2 is 1.85 bits per heavy atom. The SMILES string of the molecule is CC(C(=O)NC1CCCCC1)N1CCN(CCN)CC1. The molecule has 2 fully saturated rings. The van der Waals surface area contributed by atoms with Gasteiger partial charge in [-0.25, -0.2) is 0 Å². The summed E-state index contributed by atoms with van der Waals surface area (Å²) in [6.07, 6.45) is 6.16. The van der Waals surface area contributed by atoms with E-state index in [0.717, 1.165) is 52.1 Å². The van der Waals surface area contributed by atoms with Gasteiger partial charge in [-0.1, -0.05) is 19.3 Å².